The van der Waals surface area contributed by atoms with Gasteiger partial charge in [-0.15, -0.1) is 11.3 Å². The summed E-state index contributed by atoms with van der Waals surface area (Å²) in [6.07, 6.45) is 1.44. The number of aryl methyl sites for hydroxylation is 2. The number of urea groups is 1. The fraction of sp³-hybridized carbons (Fsp3) is 0.364. The van der Waals surface area contributed by atoms with Gasteiger partial charge in [-0.2, -0.15) is 0 Å². The molecule has 0 atom stereocenters. The number of hydrogen-bond donors (Lipinski definition) is 1. The Balaban J connectivity index is 1.68. The van der Waals surface area contributed by atoms with Crippen molar-refractivity contribution in [3.63, 3.8) is 0 Å². The number of aromatic nitrogens is 2. The van der Waals surface area contributed by atoms with Gasteiger partial charge in [0.05, 0.1) is 24.7 Å². The van der Waals surface area contributed by atoms with Crippen LogP contribution in [0.3, 0.4) is 0 Å². The number of nitrogens with zero attached hydrogens (tertiary/aromatic N) is 3. The molecule has 32 heavy (non-hydrogen) atoms. The number of amides is 3. The number of ether oxygens (including phenoxy) is 1. The van der Waals surface area contributed by atoms with Crippen molar-refractivity contribution in [3.05, 3.63) is 45.1 Å². The van der Waals surface area contributed by atoms with Crippen LogP contribution in [0.1, 0.15) is 23.8 Å². The molecule has 0 radical (unpaired) electrons. The lowest BCUT2D eigenvalue weighted by Crippen LogP contribution is -2.32. The minimum Gasteiger partial charge on any atom is -0.497 e. The number of rotatable bonds is 8. The predicted molar refractivity (Wildman–Crippen MR) is 126 cm³/mol. The highest BCUT2D eigenvalue weighted by atomic mass is 32.2. The van der Waals surface area contributed by atoms with Crippen molar-refractivity contribution in [2.45, 2.75) is 31.8 Å². The van der Waals surface area contributed by atoms with E-state index in [1.807, 2.05) is 31.2 Å². The number of benzene rings is 1. The van der Waals surface area contributed by atoms with Gasteiger partial charge in [0.25, 0.3) is 5.56 Å². The minimum absolute atomic E-state index is 0.0527. The van der Waals surface area contributed by atoms with Crippen LogP contribution < -0.4 is 15.6 Å². The third-order valence-corrected chi connectivity index (χ3v) is 7.71. The average Bonchev–Trinajstić information content (AvgIpc) is 3.29. The van der Waals surface area contributed by atoms with Crippen molar-refractivity contribution in [1.29, 1.82) is 0 Å². The van der Waals surface area contributed by atoms with Crippen molar-refractivity contribution in [2.24, 2.45) is 0 Å². The zero-order chi connectivity index (χ0) is 22.8. The van der Waals surface area contributed by atoms with E-state index in [0.717, 1.165) is 21.7 Å². The van der Waals surface area contributed by atoms with Gasteiger partial charge < -0.3 is 10.1 Å². The molecule has 3 aromatic rings. The van der Waals surface area contributed by atoms with Crippen LogP contribution >= 0.6 is 23.1 Å². The Morgan fingerprint density at radius 1 is 1.28 bits per heavy atom. The molecular weight excluding hydrogens is 448 g/mol. The molecule has 0 bridgehead atoms. The van der Waals surface area contributed by atoms with E-state index in [9.17, 15) is 14.4 Å². The number of thiophene rings is 1. The van der Waals surface area contributed by atoms with E-state index in [1.165, 1.54) is 16.7 Å². The molecule has 8 nitrogen and oxygen atoms in total. The van der Waals surface area contributed by atoms with Crippen molar-refractivity contribution in [3.8, 4) is 11.4 Å². The maximum absolute atomic E-state index is 13.6. The van der Waals surface area contributed by atoms with E-state index in [-0.39, 0.29) is 24.0 Å². The standard InChI is InChI=1S/C22H24N4O4S2/c1-4-16-13(2)18-19(32-16)24-22(31-10-6-9-25-17(27)12-23-21(25)29)26(20(18)28)14-7-5-8-15(11-14)30-3/h5,7-8,11H,4,6,9-10,12H2,1-3H3,(H,23,29). The molecule has 10 heteroatoms. The second kappa shape index (κ2) is 9.33. The summed E-state index contributed by atoms with van der Waals surface area (Å²) in [5.41, 5.74) is 1.56. The zero-order valence-corrected chi connectivity index (χ0v) is 19.8. The van der Waals surface area contributed by atoms with Crippen molar-refractivity contribution >= 4 is 45.3 Å². The summed E-state index contributed by atoms with van der Waals surface area (Å²) in [5, 5.41) is 3.75. The fourth-order valence-electron chi connectivity index (χ4n) is 3.69. The van der Waals surface area contributed by atoms with Crippen molar-refractivity contribution in [2.75, 3.05) is 26.0 Å². The molecule has 0 unspecified atom stereocenters. The van der Waals surface area contributed by atoms with Crippen LogP contribution in [0.25, 0.3) is 15.9 Å². The van der Waals surface area contributed by atoms with Gasteiger partial charge in [0, 0.05) is 23.2 Å². The second-order valence-electron chi connectivity index (χ2n) is 7.33. The molecule has 168 valence electrons. The third kappa shape index (κ3) is 4.12. The van der Waals surface area contributed by atoms with Gasteiger partial charge in [-0.3, -0.25) is 19.1 Å². The van der Waals surface area contributed by atoms with Crippen molar-refractivity contribution < 1.29 is 14.3 Å². The monoisotopic (exact) mass is 472 g/mol. The topological polar surface area (TPSA) is 93.5 Å². The highest BCUT2D eigenvalue weighted by Crippen LogP contribution is 2.31. The molecular formula is C22H24N4O4S2. The lowest BCUT2D eigenvalue weighted by atomic mass is 10.2. The van der Waals surface area contributed by atoms with E-state index in [1.54, 1.807) is 23.0 Å². The molecule has 1 aliphatic heterocycles. The van der Waals surface area contributed by atoms with Crippen LogP contribution in [-0.2, 0) is 11.2 Å². The number of carbonyl (C=O) groups excluding carboxylic acids is 2. The number of carbonyl (C=O) groups is 2. The molecule has 1 saturated heterocycles. The second-order valence-corrected chi connectivity index (χ2v) is 9.47. The van der Waals surface area contributed by atoms with Gasteiger partial charge >= 0.3 is 6.03 Å². The Morgan fingerprint density at radius 3 is 2.78 bits per heavy atom. The smallest absolute Gasteiger partial charge is 0.324 e. The van der Waals surface area contributed by atoms with E-state index in [2.05, 4.69) is 12.2 Å². The number of thioether (sulfide) groups is 1. The van der Waals surface area contributed by atoms with Gasteiger partial charge in [0.2, 0.25) is 5.91 Å². The molecule has 1 N–H and O–H groups in total. The molecule has 3 amide bonds. The molecule has 0 aliphatic carbocycles. The normalized spacial score (nSPS) is 13.8. The summed E-state index contributed by atoms with van der Waals surface area (Å²) in [5.74, 6) is 1.04. The van der Waals surface area contributed by atoms with Crippen LogP contribution in [0.5, 0.6) is 5.75 Å². The third-order valence-electron chi connectivity index (χ3n) is 5.36. The average molecular weight is 473 g/mol. The number of fused-ring (bicyclic) bond motifs is 1. The first-order valence-corrected chi connectivity index (χ1v) is 12.1. The molecule has 3 heterocycles. The Bertz CT molecular complexity index is 1230. The van der Waals surface area contributed by atoms with E-state index in [4.69, 9.17) is 9.72 Å². The minimum atomic E-state index is -0.353. The van der Waals surface area contributed by atoms with Gasteiger partial charge in [0.15, 0.2) is 5.16 Å². The largest absolute Gasteiger partial charge is 0.497 e. The quantitative estimate of drug-likeness (QED) is 0.234. The van der Waals surface area contributed by atoms with E-state index < -0.39 is 0 Å². The summed E-state index contributed by atoms with van der Waals surface area (Å²) >= 11 is 3.00. The zero-order valence-electron chi connectivity index (χ0n) is 18.1. The summed E-state index contributed by atoms with van der Waals surface area (Å²) in [6.45, 7) is 4.43. The van der Waals surface area contributed by atoms with Crippen LogP contribution in [0.2, 0.25) is 0 Å². The number of imide groups is 1. The Labute approximate surface area is 193 Å². The highest BCUT2D eigenvalue weighted by molar-refractivity contribution is 7.99. The first kappa shape index (κ1) is 22.3. The SMILES string of the molecule is CCc1sc2nc(SCCCN3C(=O)CNC3=O)n(-c3cccc(OC)c3)c(=O)c2c1C. The van der Waals surface area contributed by atoms with Crippen LogP contribution in [0, 0.1) is 6.92 Å². The van der Waals surface area contributed by atoms with Gasteiger partial charge in [0.1, 0.15) is 10.6 Å². The number of hydrogen-bond acceptors (Lipinski definition) is 7. The Hall–Kier alpha value is -2.85. The molecule has 2 aromatic heterocycles. The first-order valence-electron chi connectivity index (χ1n) is 10.3. The van der Waals surface area contributed by atoms with Crippen molar-refractivity contribution in [1.82, 2.24) is 19.8 Å². The highest BCUT2D eigenvalue weighted by Gasteiger charge is 2.27. The first-order chi connectivity index (χ1) is 15.4. The summed E-state index contributed by atoms with van der Waals surface area (Å²) in [4.78, 5) is 45.0. The molecule has 1 aromatic carbocycles. The lowest BCUT2D eigenvalue weighted by Gasteiger charge is -2.14. The van der Waals surface area contributed by atoms with Gasteiger partial charge in [-0.25, -0.2) is 9.78 Å². The molecule has 0 spiro atoms. The van der Waals surface area contributed by atoms with Crippen LogP contribution in [0.15, 0.2) is 34.2 Å². The fourth-order valence-corrected chi connectivity index (χ4v) is 5.78. The lowest BCUT2D eigenvalue weighted by molar-refractivity contribution is -0.124. The Kier molecular flexibility index (Phi) is 6.52. The number of nitrogens with one attached hydrogen (secondary N) is 1. The van der Waals surface area contributed by atoms with Gasteiger partial charge in [-0.1, -0.05) is 24.8 Å². The molecule has 1 fully saturated rings. The summed E-state index contributed by atoms with van der Waals surface area (Å²) in [7, 11) is 1.59. The van der Waals surface area contributed by atoms with Gasteiger partial charge in [-0.05, 0) is 37.5 Å². The summed E-state index contributed by atoms with van der Waals surface area (Å²) in [6, 6.07) is 6.99. The summed E-state index contributed by atoms with van der Waals surface area (Å²) < 4.78 is 6.98. The maximum atomic E-state index is 13.6. The predicted octanol–water partition coefficient (Wildman–Crippen LogP) is 3.36. The van der Waals surface area contributed by atoms with Crippen LogP contribution in [-0.4, -0.2) is 52.3 Å². The van der Waals surface area contributed by atoms with E-state index >= 15 is 0 Å². The molecule has 4 rings (SSSR count). The molecule has 1 aliphatic rings. The maximum Gasteiger partial charge on any atom is 0.324 e. The van der Waals surface area contributed by atoms with E-state index in [0.29, 0.717) is 40.7 Å². The van der Waals surface area contributed by atoms with Crippen LogP contribution in [0.4, 0.5) is 4.79 Å². The number of methoxy groups -OCH3 is 1. The Morgan fingerprint density at radius 2 is 2.09 bits per heavy atom. The molecule has 0 saturated carbocycles.